The third-order valence-corrected chi connectivity index (χ3v) is 5.51. The van der Waals surface area contributed by atoms with E-state index in [9.17, 15) is 31.4 Å². The average molecular weight is 332 g/mol. The summed E-state index contributed by atoms with van der Waals surface area (Å²) in [6.07, 6.45) is -7.14. The maximum absolute atomic E-state index is 12.7. The van der Waals surface area contributed by atoms with Gasteiger partial charge in [0.05, 0.1) is 12.2 Å². The summed E-state index contributed by atoms with van der Waals surface area (Å²) in [5, 5.41) is 9.21. The molecule has 2 nitrogen and oxygen atoms in total. The highest BCUT2D eigenvalue weighted by atomic mass is 19.4. The first-order valence-electron chi connectivity index (χ1n) is 7.44. The van der Waals surface area contributed by atoms with Crippen molar-refractivity contribution < 1.29 is 36.2 Å². The van der Waals surface area contributed by atoms with E-state index < -0.39 is 30.2 Å². The topological polar surface area (TPSA) is 29.5 Å². The molecule has 0 aromatic rings. The monoisotopic (exact) mass is 332 g/mol. The molecular formula is C14H18F6O2. The summed E-state index contributed by atoms with van der Waals surface area (Å²) in [7, 11) is 0. The molecule has 4 bridgehead atoms. The molecule has 8 heteroatoms. The van der Waals surface area contributed by atoms with E-state index in [1.165, 1.54) is 0 Å². The van der Waals surface area contributed by atoms with Gasteiger partial charge in [-0.1, -0.05) is 0 Å². The van der Waals surface area contributed by atoms with Gasteiger partial charge in [0.15, 0.2) is 0 Å². The Balaban J connectivity index is 1.76. The molecule has 0 unspecified atom stereocenters. The van der Waals surface area contributed by atoms with Crippen molar-refractivity contribution in [3.8, 4) is 0 Å². The summed E-state index contributed by atoms with van der Waals surface area (Å²) in [5.74, 6) is 0.989. The summed E-state index contributed by atoms with van der Waals surface area (Å²) in [4.78, 5) is 0. The van der Waals surface area contributed by atoms with Crippen molar-refractivity contribution in [3.05, 3.63) is 0 Å². The molecule has 0 aromatic heterocycles. The lowest BCUT2D eigenvalue weighted by Gasteiger charge is -2.56. The molecule has 4 aliphatic rings. The van der Waals surface area contributed by atoms with Crippen LogP contribution in [0.2, 0.25) is 0 Å². The Hall–Kier alpha value is -0.500. The molecular weight excluding hydrogens is 314 g/mol. The van der Waals surface area contributed by atoms with Gasteiger partial charge in [-0.05, 0) is 56.3 Å². The standard InChI is InChI=1S/C14H18F6O2/c15-13(16,17)12(21,14(18,19)20)7-22-11-4-8-1-9(5-11)3-10(2-8)6-11/h8-10,21H,1-7H2. The van der Waals surface area contributed by atoms with Crippen molar-refractivity contribution in [2.45, 2.75) is 62.1 Å². The van der Waals surface area contributed by atoms with Crippen LogP contribution in [0.25, 0.3) is 0 Å². The molecule has 0 saturated heterocycles. The molecule has 4 fully saturated rings. The number of rotatable bonds is 3. The van der Waals surface area contributed by atoms with E-state index >= 15 is 0 Å². The average Bonchev–Trinajstić information content (AvgIpc) is 2.31. The van der Waals surface area contributed by atoms with E-state index in [1.807, 2.05) is 0 Å². The Morgan fingerprint density at radius 1 is 0.818 bits per heavy atom. The largest absolute Gasteiger partial charge is 0.428 e. The Bertz CT molecular complexity index is 392. The van der Waals surface area contributed by atoms with Gasteiger partial charge in [-0.15, -0.1) is 0 Å². The summed E-state index contributed by atoms with van der Waals surface area (Å²) >= 11 is 0. The minimum Gasteiger partial charge on any atom is -0.372 e. The Kier molecular flexibility index (Phi) is 3.53. The van der Waals surface area contributed by atoms with Crippen molar-refractivity contribution in [3.63, 3.8) is 0 Å². The Labute approximate surface area is 123 Å². The van der Waals surface area contributed by atoms with E-state index in [4.69, 9.17) is 4.74 Å². The fourth-order valence-electron chi connectivity index (χ4n) is 4.79. The Morgan fingerprint density at radius 2 is 1.18 bits per heavy atom. The van der Waals surface area contributed by atoms with Crippen LogP contribution in [-0.2, 0) is 4.74 Å². The van der Waals surface area contributed by atoms with Crippen molar-refractivity contribution in [1.29, 1.82) is 0 Å². The van der Waals surface area contributed by atoms with Gasteiger partial charge in [0.25, 0.3) is 5.60 Å². The quantitative estimate of drug-likeness (QED) is 0.796. The first-order chi connectivity index (χ1) is 9.94. The minimum absolute atomic E-state index is 0.330. The Morgan fingerprint density at radius 3 is 1.50 bits per heavy atom. The molecule has 4 aliphatic carbocycles. The number of alkyl halides is 6. The fraction of sp³-hybridized carbons (Fsp3) is 1.00. The third-order valence-electron chi connectivity index (χ3n) is 5.51. The predicted molar refractivity (Wildman–Crippen MR) is 63.9 cm³/mol. The van der Waals surface area contributed by atoms with Gasteiger partial charge in [0.1, 0.15) is 0 Å². The molecule has 0 aliphatic heterocycles. The van der Waals surface area contributed by atoms with Gasteiger partial charge in [-0.25, -0.2) is 0 Å². The first-order valence-corrected chi connectivity index (χ1v) is 7.44. The minimum atomic E-state index is -5.81. The molecule has 1 N–H and O–H groups in total. The van der Waals surface area contributed by atoms with Gasteiger partial charge < -0.3 is 9.84 Å². The zero-order valence-corrected chi connectivity index (χ0v) is 11.8. The van der Waals surface area contributed by atoms with Crippen LogP contribution in [0, 0.1) is 17.8 Å². The van der Waals surface area contributed by atoms with E-state index in [0.29, 0.717) is 37.0 Å². The molecule has 4 saturated carbocycles. The summed E-state index contributed by atoms with van der Waals surface area (Å²) in [6.45, 7) is -1.77. The molecule has 0 heterocycles. The summed E-state index contributed by atoms with van der Waals surface area (Å²) in [6, 6.07) is 0. The van der Waals surface area contributed by atoms with Gasteiger partial charge in [0, 0.05) is 0 Å². The van der Waals surface area contributed by atoms with E-state index in [1.54, 1.807) is 0 Å². The second-order valence-corrected chi connectivity index (χ2v) is 7.25. The lowest BCUT2D eigenvalue weighted by atomic mass is 9.54. The highest BCUT2D eigenvalue weighted by Crippen LogP contribution is 2.57. The molecule has 4 rings (SSSR count). The second kappa shape index (κ2) is 4.75. The van der Waals surface area contributed by atoms with Gasteiger partial charge in [0.2, 0.25) is 0 Å². The number of hydrogen-bond donors (Lipinski definition) is 1. The van der Waals surface area contributed by atoms with Crippen molar-refractivity contribution in [1.82, 2.24) is 0 Å². The van der Waals surface area contributed by atoms with E-state index in [0.717, 1.165) is 19.3 Å². The van der Waals surface area contributed by atoms with Crippen LogP contribution in [0.3, 0.4) is 0 Å². The van der Waals surface area contributed by atoms with Crippen LogP contribution >= 0.6 is 0 Å². The molecule has 0 radical (unpaired) electrons. The third kappa shape index (κ3) is 2.52. The van der Waals surface area contributed by atoms with Crippen molar-refractivity contribution >= 4 is 0 Å². The normalized spacial score (nSPS) is 38.6. The predicted octanol–water partition coefficient (Wildman–Crippen LogP) is 3.83. The SMILES string of the molecule is OC(COC12CC3CC(CC(C3)C1)C2)(C(F)(F)F)C(F)(F)F. The van der Waals surface area contributed by atoms with Crippen molar-refractivity contribution in [2.24, 2.45) is 17.8 Å². The molecule has 0 atom stereocenters. The molecule has 0 amide bonds. The number of aliphatic hydroxyl groups is 1. The van der Waals surface area contributed by atoms with Gasteiger partial charge in [-0.2, -0.15) is 26.3 Å². The molecule has 0 aromatic carbocycles. The highest BCUT2D eigenvalue weighted by Gasteiger charge is 2.71. The van der Waals surface area contributed by atoms with E-state index in [-0.39, 0.29) is 0 Å². The zero-order chi connectivity index (χ0) is 16.4. The summed E-state index contributed by atoms with van der Waals surface area (Å²) in [5.41, 5.74) is -5.72. The molecule has 0 spiro atoms. The fourth-order valence-corrected chi connectivity index (χ4v) is 4.79. The lowest BCUT2D eigenvalue weighted by Crippen LogP contribution is -2.62. The molecule has 22 heavy (non-hydrogen) atoms. The van der Waals surface area contributed by atoms with Gasteiger partial charge >= 0.3 is 12.4 Å². The first kappa shape index (κ1) is 16.4. The zero-order valence-electron chi connectivity index (χ0n) is 11.8. The number of ether oxygens (including phenoxy) is 1. The van der Waals surface area contributed by atoms with E-state index in [2.05, 4.69) is 0 Å². The summed E-state index contributed by atoms with van der Waals surface area (Å²) < 4.78 is 81.4. The van der Waals surface area contributed by atoms with Crippen molar-refractivity contribution in [2.75, 3.05) is 6.61 Å². The maximum Gasteiger partial charge on any atom is 0.428 e. The van der Waals surface area contributed by atoms with Crippen LogP contribution in [-0.4, -0.2) is 35.3 Å². The lowest BCUT2D eigenvalue weighted by molar-refractivity contribution is -0.385. The van der Waals surface area contributed by atoms with Crippen LogP contribution in [0.1, 0.15) is 38.5 Å². The van der Waals surface area contributed by atoms with Crippen LogP contribution in [0.5, 0.6) is 0 Å². The number of halogens is 6. The highest BCUT2D eigenvalue weighted by molar-refractivity contribution is 5.04. The number of hydrogen-bond acceptors (Lipinski definition) is 2. The molecule has 128 valence electrons. The van der Waals surface area contributed by atoms with Crippen LogP contribution < -0.4 is 0 Å². The van der Waals surface area contributed by atoms with Crippen LogP contribution in [0.15, 0.2) is 0 Å². The smallest absolute Gasteiger partial charge is 0.372 e. The maximum atomic E-state index is 12.7. The van der Waals surface area contributed by atoms with Crippen LogP contribution in [0.4, 0.5) is 26.3 Å². The second-order valence-electron chi connectivity index (χ2n) is 7.25. The van der Waals surface area contributed by atoms with Gasteiger partial charge in [-0.3, -0.25) is 0 Å².